The lowest BCUT2D eigenvalue weighted by atomic mass is 9.98. The first-order valence-corrected chi connectivity index (χ1v) is 11.9. The van der Waals surface area contributed by atoms with Gasteiger partial charge in [-0.05, 0) is 62.2 Å². The molecule has 1 aromatic heterocycles. The van der Waals surface area contributed by atoms with E-state index in [1.807, 2.05) is 25.1 Å². The van der Waals surface area contributed by atoms with Gasteiger partial charge in [0.2, 0.25) is 15.9 Å². The molecule has 1 N–H and O–H groups in total. The third kappa shape index (κ3) is 4.19. The molecule has 1 amide bonds. The molecule has 1 fully saturated rings. The molecule has 2 heterocycles. The van der Waals surface area contributed by atoms with Gasteiger partial charge in [0.1, 0.15) is 5.75 Å². The molecule has 0 aliphatic carbocycles. The Morgan fingerprint density at radius 1 is 1.23 bits per heavy atom. The van der Waals surface area contributed by atoms with Gasteiger partial charge in [0, 0.05) is 18.8 Å². The molecule has 1 unspecified atom stereocenters. The Morgan fingerprint density at radius 2 is 2.00 bits per heavy atom. The number of piperidine rings is 1. The lowest BCUT2D eigenvalue weighted by Crippen LogP contribution is -2.43. The zero-order valence-electron chi connectivity index (χ0n) is 16.8. The molecule has 0 radical (unpaired) electrons. The third-order valence-electron chi connectivity index (χ3n) is 5.22. The molecule has 0 spiro atoms. The van der Waals surface area contributed by atoms with Crippen LogP contribution < -0.4 is 10.1 Å². The van der Waals surface area contributed by atoms with Crippen molar-refractivity contribution in [2.24, 2.45) is 5.92 Å². The number of methoxy groups -OCH3 is 1. The van der Waals surface area contributed by atoms with E-state index in [9.17, 15) is 13.2 Å². The summed E-state index contributed by atoms with van der Waals surface area (Å²) in [5.41, 5.74) is 1.61. The largest absolute Gasteiger partial charge is 0.497 e. The molecule has 30 heavy (non-hydrogen) atoms. The Hall–Kier alpha value is -2.49. The van der Waals surface area contributed by atoms with Crippen molar-refractivity contribution in [2.45, 2.75) is 24.7 Å². The van der Waals surface area contributed by atoms with Crippen LogP contribution in [0.15, 0.2) is 47.4 Å². The number of aryl methyl sites for hydroxylation is 1. The van der Waals surface area contributed by atoms with E-state index in [1.165, 1.54) is 23.5 Å². The monoisotopic (exact) mass is 445 g/mol. The number of aromatic nitrogens is 1. The summed E-state index contributed by atoms with van der Waals surface area (Å²) in [5, 5.41) is 3.91. The lowest BCUT2D eigenvalue weighted by molar-refractivity contribution is -0.120. The summed E-state index contributed by atoms with van der Waals surface area (Å²) < 4.78 is 33.5. The van der Waals surface area contributed by atoms with Crippen molar-refractivity contribution in [3.63, 3.8) is 0 Å². The highest BCUT2D eigenvalue weighted by molar-refractivity contribution is 7.89. The van der Waals surface area contributed by atoms with Crippen molar-refractivity contribution in [3.05, 3.63) is 47.5 Å². The predicted molar refractivity (Wildman–Crippen MR) is 117 cm³/mol. The zero-order valence-corrected chi connectivity index (χ0v) is 18.4. The van der Waals surface area contributed by atoms with Gasteiger partial charge in [-0.2, -0.15) is 4.31 Å². The molecular formula is C21H23N3O4S2. The Labute approximate surface area is 179 Å². The maximum Gasteiger partial charge on any atom is 0.243 e. The Bertz CT molecular complexity index is 1170. The van der Waals surface area contributed by atoms with E-state index in [-0.39, 0.29) is 17.3 Å². The molecule has 1 aliphatic heterocycles. The lowest BCUT2D eigenvalue weighted by Gasteiger charge is -2.31. The van der Waals surface area contributed by atoms with Gasteiger partial charge in [-0.3, -0.25) is 4.79 Å². The summed E-state index contributed by atoms with van der Waals surface area (Å²) >= 11 is 1.57. The number of anilines is 1. The van der Waals surface area contributed by atoms with Crippen LogP contribution in [0, 0.1) is 12.8 Å². The number of nitrogens with one attached hydrogen (secondary N) is 1. The number of ether oxygens (including phenoxy) is 1. The molecular weight excluding hydrogens is 422 g/mol. The van der Waals surface area contributed by atoms with Crippen LogP contribution >= 0.6 is 11.3 Å². The molecule has 2 aromatic carbocycles. The Balaban J connectivity index is 1.47. The highest BCUT2D eigenvalue weighted by Crippen LogP contribution is 2.28. The normalized spacial score (nSPS) is 17.7. The van der Waals surface area contributed by atoms with E-state index < -0.39 is 15.9 Å². The standard InChI is InChI=1S/C21H23N3O4S2/c1-14-22-19-10-5-16(12-20(19)29-14)23-21(25)15-4-3-11-24(13-15)30(26,27)18-8-6-17(28-2)7-9-18/h5-10,12,15H,3-4,11,13H2,1-2H3,(H,23,25). The molecule has 4 rings (SSSR count). The van der Waals surface area contributed by atoms with Crippen LogP contribution in [0.3, 0.4) is 0 Å². The molecule has 7 nitrogen and oxygen atoms in total. The van der Waals surface area contributed by atoms with Gasteiger partial charge in [0.25, 0.3) is 0 Å². The zero-order chi connectivity index (χ0) is 21.3. The molecule has 0 saturated carbocycles. The quantitative estimate of drug-likeness (QED) is 0.648. The number of amides is 1. The van der Waals surface area contributed by atoms with Gasteiger partial charge in [0.15, 0.2) is 0 Å². The second kappa shape index (κ2) is 8.33. The van der Waals surface area contributed by atoms with Gasteiger partial charge in [-0.15, -0.1) is 11.3 Å². The van der Waals surface area contributed by atoms with Crippen LogP contribution in [-0.2, 0) is 14.8 Å². The average molecular weight is 446 g/mol. The number of hydrogen-bond donors (Lipinski definition) is 1. The van der Waals surface area contributed by atoms with Crippen molar-refractivity contribution in [1.82, 2.24) is 9.29 Å². The highest BCUT2D eigenvalue weighted by Gasteiger charge is 2.33. The van der Waals surface area contributed by atoms with E-state index in [4.69, 9.17) is 4.74 Å². The number of benzene rings is 2. The number of carbonyl (C=O) groups excluding carboxylic acids is 1. The number of carbonyl (C=O) groups is 1. The van der Waals surface area contributed by atoms with E-state index >= 15 is 0 Å². The number of thiazole rings is 1. The van der Waals surface area contributed by atoms with Crippen LogP contribution in [0.4, 0.5) is 5.69 Å². The average Bonchev–Trinajstić information content (AvgIpc) is 3.13. The number of sulfonamides is 1. The number of fused-ring (bicyclic) bond motifs is 1. The van der Waals surface area contributed by atoms with Crippen LogP contribution in [0.5, 0.6) is 5.75 Å². The molecule has 0 bridgehead atoms. The summed E-state index contributed by atoms with van der Waals surface area (Å²) in [7, 11) is -2.13. The molecule has 158 valence electrons. The van der Waals surface area contributed by atoms with Crippen molar-refractivity contribution >= 4 is 43.2 Å². The molecule has 1 aliphatic rings. The second-order valence-electron chi connectivity index (χ2n) is 7.28. The minimum absolute atomic E-state index is 0.162. The van der Waals surface area contributed by atoms with Crippen LogP contribution in [-0.4, -0.2) is 43.8 Å². The highest BCUT2D eigenvalue weighted by atomic mass is 32.2. The minimum atomic E-state index is -3.66. The van der Waals surface area contributed by atoms with Crippen molar-refractivity contribution in [2.75, 3.05) is 25.5 Å². The van der Waals surface area contributed by atoms with E-state index in [0.717, 1.165) is 15.2 Å². The summed E-state index contributed by atoms with van der Waals surface area (Å²) in [6, 6.07) is 11.9. The smallest absolute Gasteiger partial charge is 0.243 e. The fraction of sp³-hybridized carbons (Fsp3) is 0.333. The van der Waals surface area contributed by atoms with Crippen LogP contribution in [0.25, 0.3) is 10.2 Å². The fourth-order valence-corrected chi connectivity index (χ4v) is 6.02. The molecule has 1 atom stereocenters. The summed E-state index contributed by atoms with van der Waals surface area (Å²) in [6.45, 7) is 2.52. The first-order valence-electron chi connectivity index (χ1n) is 9.69. The maximum absolute atomic E-state index is 13.0. The second-order valence-corrected chi connectivity index (χ2v) is 10.5. The Kier molecular flexibility index (Phi) is 5.77. The molecule has 1 saturated heterocycles. The van der Waals surface area contributed by atoms with Crippen molar-refractivity contribution in [3.8, 4) is 5.75 Å². The Morgan fingerprint density at radius 3 is 2.73 bits per heavy atom. The van der Waals surface area contributed by atoms with E-state index in [1.54, 1.807) is 23.5 Å². The molecule has 9 heteroatoms. The van der Waals surface area contributed by atoms with Gasteiger partial charge in [-0.25, -0.2) is 13.4 Å². The number of hydrogen-bond acceptors (Lipinski definition) is 6. The summed E-state index contributed by atoms with van der Waals surface area (Å²) in [6.07, 6.45) is 1.29. The van der Waals surface area contributed by atoms with E-state index in [2.05, 4.69) is 10.3 Å². The third-order valence-corrected chi connectivity index (χ3v) is 8.03. The summed E-state index contributed by atoms with van der Waals surface area (Å²) in [4.78, 5) is 17.5. The first kappa shape index (κ1) is 20.8. The SMILES string of the molecule is COc1ccc(S(=O)(=O)N2CCCC(C(=O)Nc3ccc4nc(C)sc4c3)C2)cc1. The predicted octanol–water partition coefficient (Wildman–Crippen LogP) is 3.65. The number of rotatable bonds is 5. The summed E-state index contributed by atoms with van der Waals surface area (Å²) in [5.74, 6) is 0.0360. The van der Waals surface area contributed by atoms with Crippen molar-refractivity contribution in [1.29, 1.82) is 0 Å². The van der Waals surface area contributed by atoms with Gasteiger partial charge < -0.3 is 10.1 Å². The topological polar surface area (TPSA) is 88.6 Å². The van der Waals surface area contributed by atoms with Crippen molar-refractivity contribution < 1.29 is 17.9 Å². The number of nitrogens with zero attached hydrogens (tertiary/aromatic N) is 2. The maximum atomic E-state index is 13.0. The first-order chi connectivity index (χ1) is 14.4. The van der Waals surface area contributed by atoms with E-state index in [0.29, 0.717) is 30.8 Å². The molecule has 3 aromatic rings. The van der Waals surface area contributed by atoms with Gasteiger partial charge >= 0.3 is 0 Å². The van der Waals surface area contributed by atoms with Gasteiger partial charge in [0.05, 0.1) is 33.1 Å². The fourth-order valence-electron chi connectivity index (χ4n) is 3.63. The minimum Gasteiger partial charge on any atom is -0.497 e. The van der Waals surface area contributed by atoms with Gasteiger partial charge in [-0.1, -0.05) is 0 Å². The van der Waals surface area contributed by atoms with Crippen LogP contribution in [0.1, 0.15) is 17.8 Å². The van der Waals surface area contributed by atoms with Crippen LogP contribution in [0.2, 0.25) is 0 Å².